The molecule has 0 amide bonds. The van der Waals surface area contributed by atoms with Gasteiger partial charge in [0.15, 0.2) is 0 Å². The minimum absolute atomic E-state index is 0.233. The molecule has 2 fully saturated rings. The van der Waals surface area contributed by atoms with E-state index in [-0.39, 0.29) is 18.3 Å². The largest absolute Gasteiger partial charge is 0.487 e. The van der Waals surface area contributed by atoms with Crippen LogP contribution in [0.25, 0.3) is 0 Å². The van der Waals surface area contributed by atoms with Gasteiger partial charge in [0.1, 0.15) is 0 Å². The summed E-state index contributed by atoms with van der Waals surface area (Å²) in [5.41, 5.74) is 2.09. The fourth-order valence-electron chi connectivity index (χ4n) is 3.07. The highest BCUT2D eigenvalue weighted by atomic mass is 16.7. The van der Waals surface area contributed by atoms with E-state index in [2.05, 4.69) is 57.9 Å². The van der Waals surface area contributed by atoms with Crippen molar-refractivity contribution in [1.29, 1.82) is 0 Å². The quantitative estimate of drug-likeness (QED) is 0.775. The smallest absolute Gasteiger partial charge is 0.400 e. The van der Waals surface area contributed by atoms with E-state index in [9.17, 15) is 0 Å². The van der Waals surface area contributed by atoms with Crippen LogP contribution in [0, 0.1) is 0 Å². The van der Waals surface area contributed by atoms with Gasteiger partial charge in [0.2, 0.25) is 0 Å². The Bertz CT molecular complexity index is 549. The van der Waals surface area contributed by atoms with Crippen LogP contribution in [-0.4, -0.2) is 24.4 Å². The van der Waals surface area contributed by atoms with Gasteiger partial charge in [0.25, 0.3) is 0 Å². The molecule has 1 aliphatic carbocycles. The first kappa shape index (κ1) is 16.8. The van der Waals surface area contributed by atoms with Crippen molar-refractivity contribution in [3.8, 4) is 0 Å². The van der Waals surface area contributed by atoms with Crippen molar-refractivity contribution in [2.24, 2.45) is 0 Å². The topological polar surface area (TPSA) is 27.7 Å². The Kier molecular flexibility index (Phi) is 4.68. The highest BCUT2D eigenvalue weighted by Gasteiger charge is 2.50. The molecule has 124 valence electrons. The van der Waals surface area contributed by atoms with E-state index in [0.717, 1.165) is 19.3 Å². The molecule has 1 aromatic rings. The zero-order valence-electron chi connectivity index (χ0n) is 14.7. The average Bonchev–Trinajstić information content (AvgIpc) is 3.00. The second kappa shape index (κ2) is 6.42. The predicted molar refractivity (Wildman–Crippen MR) is 93.0 cm³/mol. The summed E-state index contributed by atoms with van der Waals surface area (Å²) in [6, 6.07) is 10.4. The van der Waals surface area contributed by atoms with Crippen molar-refractivity contribution in [2.45, 2.75) is 70.9 Å². The van der Waals surface area contributed by atoms with Crippen LogP contribution in [0.5, 0.6) is 0 Å². The van der Waals surface area contributed by atoms with Crippen LogP contribution in [0.3, 0.4) is 0 Å². The van der Waals surface area contributed by atoms with E-state index in [1.165, 1.54) is 11.1 Å². The molecule has 23 heavy (non-hydrogen) atoms. The lowest BCUT2D eigenvalue weighted by molar-refractivity contribution is 0.00578. The third kappa shape index (κ3) is 3.88. The molecule has 1 saturated carbocycles. The lowest BCUT2D eigenvalue weighted by Gasteiger charge is -2.32. The SMILES string of the molecule is CC1(C)OB(C=C2CCC(OCc3ccccc3)C2)OC1(C)C. The van der Waals surface area contributed by atoms with Crippen molar-refractivity contribution in [2.75, 3.05) is 0 Å². The number of ether oxygens (including phenoxy) is 1. The molecule has 1 aromatic carbocycles. The molecule has 1 atom stereocenters. The van der Waals surface area contributed by atoms with E-state index in [0.29, 0.717) is 12.7 Å². The van der Waals surface area contributed by atoms with Crippen LogP contribution in [0.4, 0.5) is 0 Å². The molecule has 1 unspecified atom stereocenters. The van der Waals surface area contributed by atoms with E-state index in [1.54, 1.807) is 0 Å². The number of hydrogen-bond acceptors (Lipinski definition) is 3. The zero-order chi connectivity index (χ0) is 16.5. The second-order valence-electron chi connectivity index (χ2n) is 7.61. The van der Waals surface area contributed by atoms with Crippen LogP contribution in [0.15, 0.2) is 41.9 Å². The van der Waals surface area contributed by atoms with Gasteiger partial charge in [0, 0.05) is 0 Å². The first-order valence-electron chi connectivity index (χ1n) is 8.56. The fourth-order valence-corrected chi connectivity index (χ4v) is 3.07. The highest BCUT2D eigenvalue weighted by Crippen LogP contribution is 2.38. The van der Waals surface area contributed by atoms with Gasteiger partial charge in [-0.15, -0.1) is 0 Å². The van der Waals surface area contributed by atoms with Crippen molar-refractivity contribution < 1.29 is 14.0 Å². The Morgan fingerprint density at radius 2 is 1.78 bits per heavy atom. The average molecular weight is 314 g/mol. The molecule has 0 bridgehead atoms. The standard InChI is InChI=1S/C19H27BO3/c1-18(2)19(3,4)23-20(22-18)13-16-10-11-17(12-16)21-14-15-8-6-5-7-9-15/h5-9,13,17H,10-12,14H2,1-4H3. The number of rotatable bonds is 4. The molecule has 4 heteroatoms. The van der Waals surface area contributed by atoms with Gasteiger partial charge in [-0.05, 0) is 52.5 Å². The van der Waals surface area contributed by atoms with E-state index < -0.39 is 0 Å². The van der Waals surface area contributed by atoms with E-state index in [4.69, 9.17) is 14.0 Å². The maximum absolute atomic E-state index is 6.05. The predicted octanol–water partition coefficient (Wildman–Crippen LogP) is 4.31. The summed E-state index contributed by atoms with van der Waals surface area (Å²) in [6.45, 7) is 9.05. The lowest BCUT2D eigenvalue weighted by atomic mass is 9.86. The summed E-state index contributed by atoms with van der Waals surface area (Å²) in [7, 11) is -0.233. The summed E-state index contributed by atoms with van der Waals surface area (Å²) in [5, 5.41) is 0. The molecule has 1 saturated heterocycles. The first-order chi connectivity index (χ1) is 10.9. The van der Waals surface area contributed by atoms with E-state index >= 15 is 0 Å². The maximum Gasteiger partial charge on any atom is 0.487 e. The summed E-state index contributed by atoms with van der Waals surface area (Å²) >= 11 is 0. The van der Waals surface area contributed by atoms with Gasteiger partial charge in [-0.25, -0.2) is 0 Å². The summed E-state index contributed by atoms with van der Waals surface area (Å²) in [6.07, 6.45) is 3.45. The van der Waals surface area contributed by atoms with Crippen LogP contribution >= 0.6 is 0 Å². The molecular weight excluding hydrogens is 287 g/mol. The Labute approximate surface area is 140 Å². The molecule has 3 nitrogen and oxygen atoms in total. The molecule has 1 heterocycles. The van der Waals surface area contributed by atoms with Crippen molar-refractivity contribution in [3.63, 3.8) is 0 Å². The third-order valence-corrected chi connectivity index (χ3v) is 5.25. The fraction of sp³-hybridized carbons (Fsp3) is 0.579. The molecule has 0 N–H and O–H groups in total. The van der Waals surface area contributed by atoms with Crippen molar-refractivity contribution >= 4 is 7.12 Å². The monoisotopic (exact) mass is 314 g/mol. The van der Waals surface area contributed by atoms with Crippen molar-refractivity contribution in [3.05, 3.63) is 47.4 Å². The van der Waals surface area contributed by atoms with Crippen LogP contribution < -0.4 is 0 Å². The van der Waals surface area contributed by atoms with Crippen LogP contribution in [0.2, 0.25) is 0 Å². The molecule has 0 radical (unpaired) electrons. The number of benzene rings is 1. The normalized spacial score (nSPS) is 27.7. The molecule has 0 aromatic heterocycles. The Morgan fingerprint density at radius 1 is 1.13 bits per heavy atom. The summed E-state index contributed by atoms with van der Waals surface area (Å²) in [4.78, 5) is 0. The second-order valence-corrected chi connectivity index (χ2v) is 7.61. The Hall–Kier alpha value is -1.10. The van der Waals surface area contributed by atoms with Gasteiger partial charge in [-0.3, -0.25) is 0 Å². The molecule has 3 rings (SSSR count). The van der Waals surface area contributed by atoms with Crippen molar-refractivity contribution in [1.82, 2.24) is 0 Å². The van der Waals surface area contributed by atoms with Gasteiger partial charge < -0.3 is 14.0 Å². The molecule has 1 aliphatic heterocycles. The van der Waals surface area contributed by atoms with Crippen LogP contribution in [-0.2, 0) is 20.7 Å². The van der Waals surface area contributed by atoms with E-state index in [1.807, 2.05) is 6.07 Å². The van der Waals surface area contributed by atoms with Gasteiger partial charge >= 0.3 is 7.12 Å². The van der Waals surface area contributed by atoms with Crippen LogP contribution in [0.1, 0.15) is 52.5 Å². The number of hydrogen-bond donors (Lipinski definition) is 0. The Morgan fingerprint density at radius 3 is 2.43 bits per heavy atom. The summed E-state index contributed by atoms with van der Waals surface area (Å²) < 4.78 is 18.1. The van der Waals surface area contributed by atoms with Gasteiger partial charge in [-0.2, -0.15) is 0 Å². The van der Waals surface area contributed by atoms with Gasteiger partial charge in [-0.1, -0.05) is 41.9 Å². The Balaban J connectivity index is 1.52. The lowest BCUT2D eigenvalue weighted by Crippen LogP contribution is -2.41. The minimum atomic E-state index is -0.267. The molecular formula is C19H27BO3. The highest BCUT2D eigenvalue weighted by molar-refractivity contribution is 6.51. The third-order valence-electron chi connectivity index (χ3n) is 5.25. The summed E-state index contributed by atoms with van der Waals surface area (Å²) in [5.74, 6) is 2.16. The van der Waals surface area contributed by atoms with Gasteiger partial charge in [0.05, 0.1) is 23.9 Å². The molecule has 2 aliphatic rings. The first-order valence-corrected chi connectivity index (χ1v) is 8.56. The zero-order valence-corrected chi connectivity index (χ0v) is 14.7. The minimum Gasteiger partial charge on any atom is -0.400 e. The maximum atomic E-state index is 6.05. The molecule has 0 spiro atoms.